The zero-order valence-electron chi connectivity index (χ0n) is 11.2. The number of benzene rings is 1. The Labute approximate surface area is 131 Å². The Morgan fingerprint density at radius 3 is 1.95 bits per heavy atom. The van der Waals surface area contributed by atoms with Crippen LogP contribution in [0.4, 0.5) is 13.2 Å². The summed E-state index contributed by atoms with van der Waals surface area (Å²) in [5.74, 6) is -3.04. The summed E-state index contributed by atoms with van der Waals surface area (Å²) in [6, 6.07) is 3.37. The molecule has 0 aliphatic rings. The molecule has 0 atom stereocenters. The Kier molecular flexibility index (Phi) is 6.32. The molecule has 0 fully saturated rings. The molecule has 99 valence electrons. The molecule has 0 spiro atoms. The maximum atomic E-state index is 12.1. The summed E-state index contributed by atoms with van der Waals surface area (Å²) in [7, 11) is 0. The van der Waals surface area contributed by atoms with Gasteiger partial charge in [0.1, 0.15) is 0 Å². The zero-order chi connectivity index (χ0) is 14.1. The first kappa shape index (κ1) is 18.2. The van der Waals surface area contributed by atoms with E-state index in [-0.39, 0.29) is 41.2 Å². The quantitative estimate of drug-likeness (QED) is 0.472. The summed E-state index contributed by atoms with van der Waals surface area (Å²) in [6.45, 7) is 5.07. The summed E-state index contributed by atoms with van der Waals surface area (Å²) in [4.78, 5) is 10.7. The molecule has 6 heteroatoms. The Bertz CT molecular complexity index is 496. The van der Waals surface area contributed by atoms with Crippen molar-refractivity contribution in [1.29, 1.82) is 0 Å². The van der Waals surface area contributed by atoms with Gasteiger partial charge in [-0.05, 0) is 43.5 Å². The Balaban J connectivity index is 0.00000324. The zero-order valence-corrected chi connectivity index (χ0v) is 13.2. The molecule has 0 saturated heterocycles. The molecule has 0 heterocycles. The Morgan fingerprint density at radius 1 is 1.16 bits per heavy atom. The van der Waals surface area contributed by atoms with Crippen LogP contribution < -0.4 is 5.11 Å². The summed E-state index contributed by atoms with van der Waals surface area (Å²) < 4.78 is 36.2. The van der Waals surface area contributed by atoms with E-state index in [0.29, 0.717) is 11.1 Å². The molecule has 1 rings (SSSR count). The number of allylic oxidation sites excluding steroid dienone is 1. The summed E-state index contributed by atoms with van der Waals surface area (Å²) in [6.07, 6.45) is -4.91. The molecular formula is C13H12F3NaO2-. The average Bonchev–Trinajstić information content (AvgIpc) is 2.13. The fourth-order valence-electron chi connectivity index (χ4n) is 1.84. The number of alkyl halides is 3. The van der Waals surface area contributed by atoms with Crippen molar-refractivity contribution < 1.29 is 23.1 Å². The Hall–Kier alpha value is -0.780. The molecule has 0 aromatic heterocycles. The number of rotatable bonds is 2. The van der Waals surface area contributed by atoms with E-state index in [2.05, 4.69) is 0 Å². The number of aryl methyl sites for hydroxylation is 3. The maximum Gasteiger partial charge on any atom is 0.454 e. The molecular weight excluding hydrogens is 268 g/mol. The molecule has 0 unspecified atom stereocenters. The van der Waals surface area contributed by atoms with E-state index in [0.717, 1.165) is 5.56 Å². The first-order valence-corrected chi connectivity index (χ1v) is 5.21. The number of hydrogen-bond donors (Lipinski definition) is 0. The van der Waals surface area contributed by atoms with Crippen LogP contribution in [-0.4, -0.2) is 41.5 Å². The monoisotopic (exact) mass is 280 g/mol. The van der Waals surface area contributed by atoms with Crippen molar-refractivity contribution in [1.82, 2.24) is 0 Å². The molecule has 0 saturated carbocycles. The van der Waals surface area contributed by atoms with Gasteiger partial charge in [0.2, 0.25) is 0 Å². The molecule has 0 N–H and O–H groups in total. The van der Waals surface area contributed by atoms with Crippen molar-refractivity contribution in [2.45, 2.75) is 26.9 Å². The molecule has 0 bridgehead atoms. The van der Waals surface area contributed by atoms with E-state index < -0.39 is 17.7 Å². The third-order valence-electron chi connectivity index (χ3n) is 2.47. The number of ketones is 1. The predicted octanol–water partition coefficient (Wildman–Crippen LogP) is 2.06. The van der Waals surface area contributed by atoms with Crippen molar-refractivity contribution in [3.8, 4) is 0 Å². The third-order valence-corrected chi connectivity index (χ3v) is 2.47. The van der Waals surface area contributed by atoms with E-state index >= 15 is 0 Å². The van der Waals surface area contributed by atoms with Crippen LogP contribution in [0.2, 0.25) is 0 Å². The van der Waals surface area contributed by atoms with Crippen molar-refractivity contribution in [2.75, 3.05) is 0 Å². The second-order valence-electron chi connectivity index (χ2n) is 4.14. The first-order valence-electron chi connectivity index (χ1n) is 5.21. The van der Waals surface area contributed by atoms with Gasteiger partial charge in [0.05, 0.1) is 0 Å². The minimum Gasteiger partial charge on any atom is -0.872 e. The van der Waals surface area contributed by atoms with E-state index in [1.54, 1.807) is 26.0 Å². The van der Waals surface area contributed by atoms with Crippen molar-refractivity contribution in [3.05, 3.63) is 40.5 Å². The molecule has 0 aliphatic heterocycles. The predicted molar refractivity (Wildman–Crippen MR) is 65.4 cm³/mol. The van der Waals surface area contributed by atoms with Gasteiger partial charge in [-0.25, -0.2) is 0 Å². The van der Waals surface area contributed by atoms with Crippen LogP contribution in [0, 0.1) is 20.8 Å². The molecule has 1 radical (unpaired) electrons. The van der Waals surface area contributed by atoms with Crippen LogP contribution in [0.5, 0.6) is 0 Å². The van der Waals surface area contributed by atoms with E-state index in [1.807, 2.05) is 6.92 Å². The number of carbonyl (C=O) groups is 1. The third kappa shape index (κ3) is 4.67. The molecule has 1 aromatic rings. The summed E-state index contributed by atoms with van der Waals surface area (Å²) >= 11 is 0. The summed E-state index contributed by atoms with van der Waals surface area (Å²) in [5.41, 5.74) is 2.18. The SMILES string of the molecule is Cc1cc(C)c(/C([O-])=C/C(=O)C(F)(F)F)c(C)c1.[Na]. The molecule has 19 heavy (non-hydrogen) atoms. The average molecular weight is 280 g/mol. The van der Waals surface area contributed by atoms with Gasteiger partial charge in [-0.2, -0.15) is 13.2 Å². The van der Waals surface area contributed by atoms with Gasteiger partial charge < -0.3 is 5.11 Å². The van der Waals surface area contributed by atoms with Crippen molar-refractivity contribution in [3.63, 3.8) is 0 Å². The van der Waals surface area contributed by atoms with Gasteiger partial charge in [-0.1, -0.05) is 23.5 Å². The maximum absolute atomic E-state index is 12.1. The standard InChI is InChI=1S/C13H13F3O2.Na/c1-7-4-8(2)12(9(3)5-7)10(17)6-11(18)13(14,15)16;/h4-6,17H,1-3H3;/p-1/b10-6-;. The van der Waals surface area contributed by atoms with E-state index in [4.69, 9.17) is 0 Å². The van der Waals surface area contributed by atoms with Crippen LogP contribution in [0.3, 0.4) is 0 Å². The minimum atomic E-state index is -5.01. The number of hydrogen-bond acceptors (Lipinski definition) is 2. The van der Waals surface area contributed by atoms with Crippen LogP contribution >= 0.6 is 0 Å². The van der Waals surface area contributed by atoms with Gasteiger partial charge in [0.25, 0.3) is 5.78 Å². The van der Waals surface area contributed by atoms with Crippen LogP contribution in [0.25, 0.3) is 5.76 Å². The van der Waals surface area contributed by atoms with Gasteiger partial charge in [-0.15, -0.1) is 0 Å². The van der Waals surface area contributed by atoms with Gasteiger partial charge in [0.15, 0.2) is 0 Å². The van der Waals surface area contributed by atoms with Crippen LogP contribution in [0.15, 0.2) is 18.2 Å². The molecule has 2 nitrogen and oxygen atoms in total. The fraction of sp³-hybridized carbons (Fsp3) is 0.308. The van der Waals surface area contributed by atoms with E-state index in [9.17, 15) is 23.1 Å². The van der Waals surface area contributed by atoms with Crippen molar-refractivity contribution >= 4 is 41.1 Å². The normalized spacial score (nSPS) is 12.0. The first-order chi connectivity index (χ1) is 8.12. The topological polar surface area (TPSA) is 40.1 Å². The van der Waals surface area contributed by atoms with E-state index in [1.165, 1.54) is 0 Å². The van der Waals surface area contributed by atoms with Crippen molar-refractivity contribution in [2.24, 2.45) is 0 Å². The van der Waals surface area contributed by atoms with Gasteiger partial charge >= 0.3 is 6.18 Å². The molecule has 0 amide bonds. The number of carbonyl (C=O) groups excluding carboxylic acids is 1. The van der Waals surface area contributed by atoms with Gasteiger partial charge in [0, 0.05) is 29.6 Å². The van der Waals surface area contributed by atoms with Crippen LogP contribution in [-0.2, 0) is 4.79 Å². The second-order valence-corrected chi connectivity index (χ2v) is 4.14. The Morgan fingerprint density at radius 2 is 1.58 bits per heavy atom. The van der Waals surface area contributed by atoms with Crippen LogP contribution in [0.1, 0.15) is 22.3 Å². The largest absolute Gasteiger partial charge is 0.872 e. The summed E-state index contributed by atoms with van der Waals surface area (Å²) in [5, 5.41) is 11.7. The number of halogens is 3. The molecule has 0 aliphatic carbocycles. The molecule has 1 aromatic carbocycles. The smallest absolute Gasteiger partial charge is 0.454 e. The minimum absolute atomic E-state index is 0. The van der Waals surface area contributed by atoms with Gasteiger partial charge in [-0.3, -0.25) is 4.79 Å². The second kappa shape index (κ2) is 6.59. The fourth-order valence-corrected chi connectivity index (χ4v) is 1.84.